The summed E-state index contributed by atoms with van der Waals surface area (Å²) in [5.74, 6) is -0.998. The van der Waals surface area contributed by atoms with Gasteiger partial charge < -0.3 is 14.9 Å². The van der Waals surface area contributed by atoms with Crippen LogP contribution in [0.4, 0.5) is 0 Å². The van der Waals surface area contributed by atoms with Gasteiger partial charge in [-0.15, -0.1) is 0 Å². The van der Waals surface area contributed by atoms with Crippen molar-refractivity contribution >= 4 is 5.97 Å². The summed E-state index contributed by atoms with van der Waals surface area (Å²) in [6, 6.07) is 2.12. The van der Waals surface area contributed by atoms with Crippen LogP contribution >= 0.6 is 0 Å². The lowest BCUT2D eigenvalue weighted by Crippen LogP contribution is -2.33. The van der Waals surface area contributed by atoms with Gasteiger partial charge in [0.1, 0.15) is 5.92 Å². The van der Waals surface area contributed by atoms with Gasteiger partial charge >= 0.3 is 5.97 Å². The van der Waals surface area contributed by atoms with Gasteiger partial charge in [-0.05, 0) is 25.2 Å². The molecule has 22 heavy (non-hydrogen) atoms. The highest BCUT2D eigenvalue weighted by molar-refractivity contribution is 5.76. The van der Waals surface area contributed by atoms with Crippen LogP contribution in [0.2, 0.25) is 0 Å². The van der Waals surface area contributed by atoms with E-state index in [-0.39, 0.29) is 24.6 Å². The van der Waals surface area contributed by atoms with E-state index in [1.54, 1.807) is 6.92 Å². The van der Waals surface area contributed by atoms with E-state index in [9.17, 15) is 4.79 Å². The van der Waals surface area contributed by atoms with E-state index in [2.05, 4.69) is 19.9 Å². The number of ether oxygens (including phenoxy) is 1. The topological polar surface area (TPSA) is 90.6 Å². The molecule has 5 nitrogen and oxygen atoms in total. The Morgan fingerprint density at radius 3 is 1.77 bits per heavy atom. The number of aliphatic hydroxyl groups excluding tert-OH is 2. The van der Waals surface area contributed by atoms with E-state index in [1.165, 1.54) is 0 Å². The maximum atomic E-state index is 11.7. The first-order valence-corrected chi connectivity index (χ1v) is 8.25. The van der Waals surface area contributed by atoms with Crippen molar-refractivity contribution in [3.63, 3.8) is 0 Å². The summed E-state index contributed by atoms with van der Waals surface area (Å²) in [5.41, 5.74) is -0.246. The van der Waals surface area contributed by atoms with Crippen LogP contribution in [-0.2, 0) is 9.53 Å². The van der Waals surface area contributed by atoms with Gasteiger partial charge in [0.15, 0.2) is 0 Å². The van der Waals surface area contributed by atoms with Gasteiger partial charge in [0.2, 0.25) is 0 Å². The van der Waals surface area contributed by atoms with E-state index in [1.807, 2.05) is 20.8 Å². The minimum Gasteiger partial charge on any atom is -0.465 e. The molecule has 0 amide bonds. The van der Waals surface area contributed by atoms with E-state index in [4.69, 9.17) is 20.2 Å². The molecular weight excluding hydrogens is 282 g/mol. The molecule has 0 radical (unpaired) electrons. The molecular formula is C17H35NO4. The third kappa shape index (κ3) is 11.5. The minimum absolute atomic E-state index is 0.125. The predicted octanol–water partition coefficient (Wildman–Crippen LogP) is 3.29. The second kappa shape index (κ2) is 17.9. The molecule has 0 aliphatic rings. The van der Waals surface area contributed by atoms with Crippen molar-refractivity contribution < 1.29 is 19.7 Å². The number of carbonyl (C=O) groups excluding carboxylic acids is 1. The largest absolute Gasteiger partial charge is 0.465 e. The lowest BCUT2D eigenvalue weighted by Gasteiger charge is -2.32. The van der Waals surface area contributed by atoms with Crippen molar-refractivity contribution in [1.82, 2.24) is 0 Å². The third-order valence-electron chi connectivity index (χ3n) is 3.09. The van der Waals surface area contributed by atoms with Crippen molar-refractivity contribution in [2.45, 2.75) is 67.2 Å². The maximum absolute atomic E-state index is 11.7. The van der Waals surface area contributed by atoms with Gasteiger partial charge in [-0.25, -0.2) is 0 Å². The average molecular weight is 317 g/mol. The van der Waals surface area contributed by atoms with Gasteiger partial charge in [-0.3, -0.25) is 4.79 Å². The van der Waals surface area contributed by atoms with Crippen LogP contribution in [0, 0.1) is 22.7 Å². The third-order valence-corrected chi connectivity index (χ3v) is 3.09. The zero-order valence-electron chi connectivity index (χ0n) is 15.2. The molecule has 0 aromatic rings. The summed E-state index contributed by atoms with van der Waals surface area (Å²) in [5, 5.41) is 24.4. The van der Waals surface area contributed by atoms with Crippen LogP contribution < -0.4 is 0 Å². The highest BCUT2D eigenvalue weighted by Crippen LogP contribution is 2.37. The van der Waals surface area contributed by atoms with Crippen molar-refractivity contribution in [3.05, 3.63) is 0 Å². The van der Waals surface area contributed by atoms with Crippen LogP contribution in [0.3, 0.4) is 0 Å². The van der Waals surface area contributed by atoms with Crippen molar-refractivity contribution in [3.8, 4) is 6.07 Å². The zero-order valence-corrected chi connectivity index (χ0v) is 15.2. The smallest absolute Gasteiger partial charge is 0.323 e. The number of esters is 1. The van der Waals surface area contributed by atoms with Crippen LogP contribution in [-0.4, -0.2) is 36.0 Å². The summed E-state index contributed by atoms with van der Waals surface area (Å²) in [6.07, 6.45) is 3.73. The molecule has 0 aromatic heterocycles. The number of rotatable bonds is 8. The Labute approximate surface area is 136 Å². The standard InChI is InChI=1S/C13H23NO2.C2H6O2.C2H6/c1-5-8-13(4,9-6-2)11(10-14)12(15)16-7-3;3-1-2-4;1-2/h11H,5-9H2,1-4H3;3-4H,1-2H2;1-2H3. The van der Waals surface area contributed by atoms with Gasteiger partial charge in [0.05, 0.1) is 25.9 Å². The molecule has 0 saturated heterocycles. The van der Waals surface area contributed by atoms with E-state index in [0.717, 1.165) is 25.7 Å². The van der Waals surface area contributed by atoms with Crippen molar-refractivity contribution in [2.24, 2.45) is 11.3 Å². The summed E-state index contributed by atoms with van der Waals surface area (Å²) in [6.45, 7) is 12.0. The Kier molecular flexibility index (Phi) is 21.0. The van der Waals surface area contributed by atoms with Crippen LogP contribution in [0.15, 0.2) is 0 Å². The average Bonchev–Trinajstić information content (AvgIpc) is 2.51. The number of hydrogen-bond acceptors (Lipinski definition) is 5. The molecule has 1 unspecified atom stereocenters. The first-order chi connectivity index (χ1) is 10.5. The molecule has 132 valence electrons. The summed E-state index contributed by atoms with van der Waals surface area (Å²) in [4.78, 5) is 11.7. The molecule has 0 saturated carbocycles. The fourth-order valence-electron chi connectivity index (χ4n) is 2.27. The summed E-state index contributed by atoms with van der Waals surface area (Å²) < 4.78 is 4.97. The number of nitrogens with zero attached hydrogens (tertiary/aromatic N) is 1. The molecule has 0 bridgehead atoms. The lowest BCUT2D eigenvalue weighted by atomic mass is 9.71. The van der Waals surface area contributed by atoms with E-state index >= 15 is 0 Å². The fourth-order valence-corrected chi connectivity index (χ4v) is 2.27. The molecule has 1 atom stereocenters. The molecule has 0 aliphatic heterocycles. The monoisotopic (exact) mass is 317 g/mol. The van der Waals surface area contributed by atoms with Gasteiger partial charge in [-0.1, -0.05) is 47.5 Å². The highest BCUT2D eigenvalue weighted by atomic mass is 16.5. The fraction of sp³-hybridized carbons (Fsp3) is 0.882. The molecule has 0 rings (SSSR count). The predicted molar refractivity (Wildman–Crippen MR) is 89.2 cm³/mol. The Balaban J connectivity index is -0.000000516. The molecule has 0 aromatic carbocycles. The van der Waals surface area contributed by atoms with Crippen LogP contribution in [0.1, 0.15) is 67.2 Å². The summed E-state index contributed by atoms with van der Waals surface area (Å²) in [7, 11) is 0. The van der Waals surface area contributed by atoms with E-state index < -0.39 is 5.92 Å². The summed E-state index contributed by atoms with van der Waals surface area (Å²) >= 11 is 0. The van der Waals surface area contributed by atoms with Crippen molar-refractivity contribution in [2.75, 3.05) is 19.8 Å². The normalized spacial score (nSPS) is 11.0. The Hall–Kier alpha value is -1.12. The zero-order chi connectivity index (χ0) is 18.0. The van der Waals surface area contributed by atoms with Gasteiger partial charge in [0, 0.05) is 0 Å². The number of carbonyl (C=O) groups is 1. The number of nitriles is 1. The number of hydrogen-bond donors (Lipinski definition) is 2. The van der Waals surface area contributed by atoms with Crippen molar-refractivity contribution in [1.29, 1.82) is 5.26 Å². The van der Waals surface area contributed by atoms with E-state index in [0.29, 0.717) is 6.61 Å². The Morgan fingerprint density at radius 1 is 1.14 bits per heavy atom. The molecule has 0 heterocycles. The van der Waals surface area contributed by atoms with Crippen LogP contribution in [0.25, 0.3) is 0 Å². The second-order valence-electron chi connectivity index (χ2n) is 4.92. The first kappa shape index (κ1) is 25.8. The molecule has 0 spiro atoms. The van der Waals surface area contributed by atoms with Crippen LogP contribution in [0.5, 0.6) is 0 Å². The molecule has 2 N–H and O–H groups in total. The quantitative estimate of drug-likeness (QED) is 0.670. The minimum atomic E-state index is -0.632. The SMILES string of the molecule is CC.CCCC(C)(CCC)C(C#N)C(=O)OCC.OCCO. The lowest BCUT2D eigenvalue weighted by molar-refractivity contribution is -0.150. The highest BCUT2D eigenvalue weighted by Gasteiger charge is 2.38. The molecule has 0 fully saturated rings. The Bertz CT molecular complexity index is 279. The molecule has 0 aliphatic carbocycles. The molecule has 5 heteroatoms. The van der Waals surface area contributed by atoms with Gasteiger partial charge in [-0.2, -0.15) is 5.26 Å². The second-order valence-corrected chi connectivity index (χ2v) is 4.92. The first-order valence-electron chi connectivity index (χ1n) is 8.25. The maximum Gasteiger partial charge on any atom is 0.323 e. The Morgan fingerprint density at radius 2 is 1.55 bits per heavy atom. The number of aliphatic hydroxyl groups is 2. The van der Waals surface area contributed by atoms with Gasteiger partial charge in [0.25, 0.3) is 0 Å².